The fourth-order valence-corrected chi connectivity index (χ4v) is 3.61. The van der Waals surface area contributed by atoms with Gasteiger partial charge in [-0.15, -0.1) is 0 Å². The zero-order chi connectivity index (χ0) is 22.0. The molecule has 4 nitrogen and oxygen atoms in total. The van der Waals surface area contributed by atoms with Gasteiger partial charge in [0.1, 0.15) is 5.82 Å². The second-order valence-corrected chi connectivity index (χ2v) is 7.42. The van der Waals surface area contributed by atoms with Gasteiger partial charge >= 0.3 is 5.97 Å². The predicted molar refractivity (Wildman–Crippen MR) is 105 cm³/mol. The minimum atomic E-state index is -1.05. The second-order valence-electron chi connectivity index (χ2n) is 7.42. The molecule has 2 aromatic carbocycles. The summed E-state index contributed by atoms with van der Waals surface area (Å²) in [5, 5.41) is 0. The van der Waals surface area contributed by atoms with Gasteiger partial charge in [0.25, 0.3) is 0 Å². The topological polar surface area (TPSA) is 46.6 Å². The highest BCUT2D eigenvalue weighted by molar-refractivity contribution is 5.96. The van der Waals surface area contributed by atoms with Crippen LogP contribution in [0.5, 0.6) is 0 Å². The molecule has 1 aliphatic rings. The molecule has 158 valence electrons. The number of amides is 1. The number of rotatable bonds is 5. The Hall–Kier alpha value is -3.09. The van der Waals surface area contributed by atoms with Crippen LogP contribution < -0.4 is 0 Å². The first-order chi connectivity index (χ1) is 14.2. The van der Waals surface area contributed by atoms with E-state index in [2.05, 4.69) is 0 Å². The SMILES string of the molecule is CC1=C(C(=O)OC(C)C)[C@@H](c2ccccc2F)CC(=O)N1Cc1cccc(F)c1F. The van der Waals surface area contributed by atoms with Crippen LogP contribution in [0.3, 0.4) is 0 Å². The van der Waals surface area contributed by atoms with Crippen LogP contribution in [0, 0.1) is 17.5 Å². The normalized spacial score (nSPS) is 17.0. The number of benzene rings is 2. The Balaban J connectivity index is 2.08. The maximum atomic E-state index is 14.5. The Bertz CT molecular complexity index is 1020. The van der Waals surface area contributed by atoms with Gasteiger partial charge in [-0.1, -0.05) is 30.3 Å². The van der Waals surface area contributed by atoms with Crippen molar-refractivity contribution in [1.82, 2.24) is 4.90 Å². The summed E-state index contributed by atoms with van der Waals surface area (Å²) >= 11 is 0. The van der Waals surface area contributed by atoms with Gasteiger partial charge in [-0.05, 0) is 38.5 Å². The molecule has 0 saturated heterocycles. The number of nitrogens with zero attached hydrogens (tertiary/aromatic N) is 1. The molecule has 1 aliphatic heterocycles. The highest BCUT2D eigenvalue weighted by atomic mass is 19.2. The first-order valence-electron chi connectivity index (χ1n) is 9.60. The molecule has 0 N–H and O–H groups in total. The molecular formula is C23H22F3NO3. The van der Waals surface area contributed by atoms with E-state index in [9.17, 15) is 22.8 Å². The van der Waals surface area contributed by atoms with Crippen molar-refractivity contribution in [1.29, 1.82) is 0 Å². The first-order valence-corrected chi connectivity index (χ1v) is 9.60. The van der Waals surface area contributed by atoms with E-state index in [1.807, 2.05) is 0 Å². The van der Waals surface area contributed by atoms with Crippen LogP contribution in [0.1, 0.15) is 44.2 Å². The van der Waals surface area contributed by atoms with Gasteiger partial charge in [0, 0.05) is 23.6 Å². The number of esters is 1. The molecule has 7 heteroatoms. The summed E-state index contributed by atoms with van der Waals surface area (Å²) in [4.78, 5) is 27.0. The van der Waals surface area contributed by atoms with Crippen molar-refractivity contribution in [3.8, 4) is 0 Å². The fraction of sp³-hybridized carbons (Fsp3) is 0.304. The lowest BCUT2D eigenvalue weighted by molar-refractivity contribution is -0.143. The summed E-state index contributed by atoms with van der Waals surface area (Å²) in [5.41, 5.74) is 0.542. The molecule has 3 rings (SSSR count). The summed E-state index contributed by atoms with van der Waals surface area (Å²) in [6, 6.07) is 9.62. The quantitative estimate of drug-likeness (QED) is 0.654. The number of hydrogen-bond donors (Lipinski definition) is 0. The van der Waals surface area contributed by atoms with Crippen molar-refractivity contribution < 1.29 is 27.5 Å². The minimum absolute atomic E-state index is 0.0244. The Labute approximate surface area is 173 Å². The van der Waals surface area contributed by atoms with Crippen molar-refractivity contribution in [3.05, 3.63) is 82.3 Å². The first kappa shape index (κ1) is 21.6. The lowest BCUT2D eigenvalue weighted by Gasteiger charge is -2.35. The number of allylic oxidation sites excluding steroid dienone is 1. The van der Waals surface area contributed by atoms with Crippen molar-refractivity contribution in [3.63, 3.8) is 0 Å². The van der Waals surface area contributed by atoms with Crippen LogP contribution in [0.2, 0.25) is 0 Å². The molecular weight excluding hydrogens is 395 g/mol. The molecule has 0 fully saturated rings. The molecule has 0 radical (unpaired) electrons. The molecule has 0 bridgehead atoms. The van der Waals surface area contributed by atoms with E-state index < -0.39 is 41.4 Å². The molecule has 0 aromatic heterocycles. The van der Waals surface area contributed by atoms with Crippen LogP contribution in [0.15, 0.2) is 53.7 Å². The standard InChI is InChI=1S/C23H22F3NO3/c1-13(2)30-23(29)21-14(3)27(12-15-7-6-10-19(25)22(15)26)20(28)11-17(21)16-8-4-5-9-18(16)24/h4-10,13,17H,11-12H2,1-3H3/t17-/m1/s1. The van der Waals surface area contributed by atoms with Gasteiger partial charge in [0.2, 0.25) is 5.91 Å². The van der Waals surface area contributed by atoms with E-state index in [0.717, 1.165) is 6.07 Å². The van der Waals surface area contributed by atoms with E-state index >= 15 is 0 Å². The minimum Gasteiger partial charge on any atom is -0.460 e. The molecule has 0 spiro atoms. The maximum Gasteiger partial charge on any atom is 0.336 e. The molecule has 30 heavy (non-hydrogen) atoms. The summed E-state index contributed by atoms with van der Waals surface area (Å²) in [5.74, 6) is -4.55. The van der Waals surface area contributed by atoms with Gasteiger partial charge < -0.3 is 9.64 Å². The van der Waals surface area contributed by atoms with Crippen molar-refractivity contribution in [2.45, 2.75) is 45.8 Å². The number of carbonyl (C=O) groups excluding carboxylic acids is 2. The van der Waals surface area contributed by atoms with Gasteiger partial charge in [-0.3, -0.25) is 4.79 Å². The van der Waals surface area contributed by atoms with Crippen molar-refractivity contribution in [2.75, 3.05) is 0 Å². The molecule has 1 heterocycles. The summed E-state index contributed by atoms with van der Waals surface area (Å²) in [6.45, 7) is 4.63. The lowest BCUT2D eigenvalue weighted by Crippen LogP contribution is -2.38. The third kappa shape index (κ3) is 4.25. The highest BCUT2D eigenvalue weighted by Gasteiger charge is 2.38. The monoisotopic (exact) mass is 417 g/mol. The van der Waals surface area contributed by atoms with E-state index in [4.69, 9.17) is 4.74 Å². The fourth-order valence-electron chi connectivity index (χ4n) is 3.61. The molecule has 0 aliphatic carbocycles. The van der Waals surface area contributed by atoms with Crippen LogP contribution in [-0.2, 0) is 20.9 Å². The van der Waals surface area contributed by atoms with E-state index in [0.29, 0.717) is 0 Å². The number of halogens is 3. The highest BCUT2D eigenvalue weighted by Crippen LogP contribution is 2.39. The molecule has 0 saturated carbocycles. The lowest BCUT2D eigenvalue weighted by atomic mass is 9.83. The van der Waals surface area contributed by atoms with Crippen LogP contribution in [0.25, 0.3) is 0 Å². The molecule has 1 amide bonds. The molecule has 2 aromatic rings. The summed E-state index contributed by atoms with van der Waals surface area (Å²) in [7, 11) is 0. The number of carbonyl (C=O) groups is 2. The Morgan fingerprint density at radius 1 is 1.10 bits per heavy atom. The largest absolute Gasteiger partial charge is 0.460 e. The van der Waals surface area contributed by atoms with Gasteiger partial charge in [0.05, 0.1) is 18.2 Å². The average Bonchev–Trinajstić information content (AvgIpc) is 2.67. The zero-order valence-electron chi connectivity index (χ0n) is 16.9. The Morgan fingerprint density at radius 3 is 2.43 bits per heavy atom. The van der Waals surface area contributed by atoms with E-state index in [-0.39, 0.29) is 35.4 Å². The second kappa shape index (κ2) is 8.73. The van der Waals surface area contributed by atoms with Gasteiger partial charge in [-0.2, -0.15) is 0 Å². The predicted octanol–water partition coefficient (Wildman–Crippen LogP) is 4.85. The van der Waals surface area contributed by atoms with Crippen molar-refractivity contribution >= 4 is 11.9 Å². The van der Waals surface area contributed by atoms with Gasteiger partial charge in [-0.25, -0.2) is 18.0 Å². The van der Waals surface area contributed by atoms with Crippen LogP contribution >= 0.6 is 0 Å². The summed E-state index contributed by atoms with van der Waals surface area (Å²) < 4.78 is 47.6. The summed E-state index contributed by atoms with van der Waals surface area (Å²) in [6.07, 6.45) is -0.622. The third-order valence-corrected chi connectivity index (χ3v) is 5.03. The van der Waals surface area contributed by atoms with E-state index in [1.165, 1.54) is 42.2 Å². The Morgan fingerprint density at radius 2 is 1.77 bits per heavy atom. The smallest absolute Gasteiger partial charge is 0.336 e. The van der Waals surface area contributed by atoms with Crippen LogP contribution in [-0.4, -0.2) is 22.9 Å². The maximum absolute atomic E-state index is 14.5. The molecule has 0 unspecified atom stereocenters. The number of ether oxygens (including phenoxy) is 1. The van der Waals surface area contributed by atoms with Gasteiger partial charge in [0.15, 0.2) is 11.6 Å². The molecule has 1 atom stereocenters. The van der Waals surface area contributed by atoms with Crippen molar-refractivity contribution in [2.24, 2.45) is 0 Å². The average molecular weight is 417 g/mol. The van der Waals surface area contributed by atoms with Crippen LogP contribution in [0.4, 0.5) is 13.2 Å². The Kier molecular flexibility index (Phi) is 6.29. The third-order valence-electron chi connectivity index (χ3n) is 5.03. The van der Waals surface area contributed by atoms with E-state index in [1.54, 1.807) is 19.9 Å². The zero-order valence-corrected chi connectivity index (χ0v) is 16.9. The number of hydrogen-bond acceptors (Lipinski definition) is 3.